The van der Waals surface area contributed by atoms with Crippen molar-refractivity contribution >= 4 is 55.6 Å². The van der Waals surface area contributed by atoms with Crippen molar-refractivity contribution in [2.45, 2.75) is 38.5 Å². The van der Waals surface area contributed by atoms with Crippen molar-refractivity contribution in [3.8, 4) is 22.3 Å². The van der Waals surface area contributed by atoms with Gasteiger partial charge in [0, 0.05) is 63.6 Å². The van der Waals surface area contributed by atoms with Crippen molar-refractivity contribution in [3.63, 3.8) is 0 Å². The fraction of sp³-hybridized carbons (Fsp3) is 0.217. The first-order valence-corrected chi connectivity index (χ1v) is 20.2. The smallest absolute Gasteiger partial charge is 0.248 e. The van der Waals surface area contributed by atoms with E-state index >= 15 is 0 Å². The molecule has 4 aliphatic rings. The van der Waals surface area contributed by atoms with Crippen LogP contribution in [0.15, 0.2) is 138 Å². The van der Waals surface area contributed by atoms with Crippen molar-refractivity contribution < 1.29 is 14.5 Å². The number of hydrogen-bond acceptors (Lipinski definition) is 5. The van der Waals surface area contributed by atoms with Gasteiger partial charge in [0.1, 0.15) is 18.1 Å². The quantitative estimate of drug-likeness (QED) is 0.130. The predicted molar refractivity (Wildman–Crippen MR) is 216 cm³/mol. The Bertz CT molecular complexity index is 2270. The molecule has 0 atom stereocenters. The van der Waals surface area contributed by atoms with Gasteiger partial charge >= 0.3 is 0 Å². The van der Waals surface area contributed by atoms with Gasteiger partial charge in [-0.15, -0.1) is 11.3 Å². The third-order valence-electron chi connectivity index (χ3n) is 10.7. The summed E-state index contributed by atoms with van der Waals surface area (Å²) in [5.41, 5.74) is 9.14. The molecular formula is C46H40N2O2S2. The third kappa shape index (κ3) is 5.79. The van der Waals surface area contributed by atoms with E-state index in [0.717, 1.165) is 116 Å². The third-order valence-corrected chi connectivity index (χ3v) is 13.2. The lowest BCUT2D eigenvalue weighted by molar-refractivity contribution is -0.533. The monoisotopic (exact) mass is 716 g/mol. The minimum Gasteiger partial charge on any atom is -0.871 e. The van der Waals surface area contributed by atoms with Crippen molar-refractivity contribution in [1.82, 2.24) is 0 Å². The van der Waals surface area contributed by atoms with E-state index in [1.807, 2.05) is 48.5 Å². The van der Waals surface area contributed by atoms with Crippen LogP contribution in [0.25, 0.3) is 39.0 Å². The fourth-order valence-corrected chi connectivity index (χ4v) is 11.0. The van der Waals surface area contributed by atoms with Crippen molar-refractivity contribution in [2.75, 3.05) is 31.1 Å². The van der Waals surface area contributed by atoms with Crippen LogP contribution in [0.5, 0.6) is 0 Å². The second-order valence-electron chi connectivity index (χ2n) is 13.9. The second kappa shape index (κ2) is 14.3. The van der Waals surface area contributed by atoms with Crippen LogP contribution in [-0.2, 0) is 4.79 Å². The summed E-state index contributed by atoms with van der Waals surface area (Å²) in [5, 5.41) is 17.2. The standard InChI is InChI=1S/C46H40N2O2S2/c49-41-39(43-35(31-19-7-1-8-20-31)37(33-23-11-3-12-24-33)45(51-43)47-27-15-5-16-28-47)42(50)40(41)44-36(32-21-9-2-10-22-32)38(34-25-13-4-14-26-34)46(52-44)48-29-17-6-18-30-48/h1-4,7-14,19-26H,5-6,15-18,27-30H2. The molecule has 4 heterocycles. The number of thiophene rings is 1. The molecule has 6 heteroatoms. The largest absolute Gasteiger partial charge is 0.871 e. The molecule has 258 valence electrons. The van der Waals surface area contributed by atoms with E-state index in [1.165, 1.54) is 12.8 Å². The van der Waals surface area contributed by atoms with Gasteiger partial charge in [-0.2, -0.15) is 0 Å². The molecule has 0 saturated carbocycles. The average molecular weight is 717 g/mol. The molecule has 5 aromatic rings. The Hall–Kier alpha value is -4.91. The molecule has 0 N–H and O–H groups in total. The highest BCUT2D eigenvalue weighted by Gasteiger charge is 2.43. The number of rotatable bonds is 6. The molecule has 0 amide bonds. The summed E-state index contributed by atoms with van der Waals surface area (Å²) >= 11 is 3.26. The molecular weight excluding hydrogens is 677 g/mol. The fourth-order valence-electron chi connectivity index (χ4n) is 8.14. The Morgan fingerprint density at radius 1 is 0.538 bits per heavy atom. The number of Topliss-reactive ketones (excluding diaryl/α,β-unsaturated/α-hetero) is 1. The van der Waals surface area contributed by atoms with Gasteiger partial charge in [-0.1, -0.05) is 127 Å². The molecule has 2 saturated heterocycles. The number of allylic oxidation sites excluding steroid dienone is 3. The predicted octanol–water partition coefficient (Wildman–Crippen LogP) is 9.93. The first kappa shape index (κ1) is 33.0. The zero-order valence-corrected chi connectivity index (χ0v) is 30.8. The maximum absolute atomic E-state index is 14.9. The Balaban J connectivity index is 1.29. The average Bonchev–Trinajstić information content (AvgIpc) is 3.80. The number of nitrogens with zero attached hydrogens (tertiary/aromatic N) is 2. The van der Waals surface area contributed by atoms with E-state index in [9.17, 15) is 9.90 Å². The normalized spacial score (nSPS) is 19.5. The van der Waals surface area contributed by atoms with Gasteiger partial charge in [-0.3, -0.25) is 4.79 Å². The lowest BCUT2D eigenvalue weighted by Crippen LogP contribution is -2.30. The number of carbonyl (C=O) groups is 1. The summed E-state index contributed by atoms with van der Waals surface area (Å²) in [6.45, 7) is 3.89. The Labute approximate surface area is 314 Å². The van der Waals surface area contributed by atoms with Crippen LogP contribution in [0.3, 0.4) is 0 Å². The van der Waals surface area contributed by atoms with Crippen molar-refractivity contribution in [2.24, 2.45) is 0 Å². The van der Waals surface area contributed by atoms with E-state index in [2.05, 4.69) is 82.3 Å². The Morgan fingerprint density at radius 2 is 1.04 bits per heavy atom. The lowest BCUT2D eigenvalue weighted by Gasteiger charge is -2.32. The maximum atomic E-state index is 14.9. The minimum atomic E-state index is -0.142. The van der Waals surface area contributed by atoms with E-state index in [0.29, 0.717) is 11.1 Å². The van der Waals surface area contributed by atoms with Crippen molar-refractivity contribution in [1.29, 1.82) is 0 Å². The minimum absolute atomic E-state index is 0.142. The molecule has 52 heavy (non-hydrogen) atoms. The van der Waals surface area contributed by atoms with E-state index in [1.54, 1.807) is 23.1 Å². The molecule has 0 radical (unpaired) electrons. The molecule has 0 unspecified atom stereocenters. The maximum Gasteiger partial charge on any atom is 0.248 e. The van der Waals surface area contributed by atoms with E-state index < -0.39 is 0 Å². The highest BCUT2D eigenvalue weighted by molar-refractivity contribution is 8.19. The molecule has 2 fully saturated rings. The summed E-state index contributed by atoms with van der Waals surface area (Å²) in [5.74, 6) is -0.284. The second-order valence-corrected chi connectivity index (χ2v) is 15.9. The molecule has 4 nitrogen and oxygen atoms in total. The van der Waals surface area contributed by atoms with E-state index in [-0.39, 0.29) is 11.5 Å². The van der Waals surface area contributed by atoms with Gasteiger partial charge < -0.3 is 10.0 Å². The number of anilines is 1. The van der Waals surface area contributed by atoms with Gasteiger partial charge in [-0.05, 0) is 59.7 Å². The van der Waals surface area contributed by atoms with Gasteiger partial charge in [-0.25, -0.2) is 4.58 Å². The summed E-state index contributed by atoms with van der Waals surface area (Å²) in [6.07, 6.45) is 7.00. The topological polar surface area (TPSA) is 46.4 Å². The zero-order chi connectivity index (χ0) is 35.0. The number of benzene rings is 4. The molecule has 1 aromatic heterocycles. The number of carbonyl (C=O) groups excluding carboxylic acids is 1. The SMILES string of the molecule is O=C1C(c2sc(N3CCCCC3)c(-c3ccccc3)c2-c2ccccc2)=C([O-])/C1=C1/SC(=[N+]2CCCCC2)C(c2ccccc2)=C1c1ccccc1. The molecule has 0 bridgehead atoms. The molecule has 9 rings (SSSR count). The summed E-state index contributed by atoms with van der Waals surface area (Å²) < 4.78 is 2.48. The van der Waals surface area contributed by atoms with Crippen LogP contribution in [0, 0.1) is 0 Å². The first-order chi connectivity index (χ1) is 25.7. The lowest BCUT2D eigenvalue weighted by atomic mass is 9.81. The highest BCUT2D eigenvalue weighted by Crippen LogP contribution is 2.57. The van der Waals surface area contributed by atoms with Crippen LogP contribution < -0.4 is 10.0 Å². The highest BCUT2D eigenvalue weighted by atomic mass is 32.2. The van der Waals surface area contributed by atoms with Crippen LogP contribution in [0.2, 0.25) is 0 Å². The zero-order valence-electron chi connectivity index (χ0n) is 29.1. The molecule has 4 aromatic carbocycles. The summed E-state index contributed by atoms with van der Waals surface area (Å²) in [4.78, 5) is 19.0. The van der Waals surface area contributed by atoms with Gasteiger partial charge in [0.15, 0.2) is 5.78 Å². The summed E-state index contributed by atoms with van der Waals surface area (Å²) in [6, 6.07) is 41.7. The van der Waals surface area contributed by atoms with Gasteiger partial charge in [0.25, 0.3) is 0 Å². The van der Waals surface area contributed by atoms with Gasteiger partial charge in [0.2, 0.25) is 5.04 Å². The van der Waals surface area contributed by atoms with Crippen LogP contribution in [0.1, 0.15) is 54.5 Å². The van der Waals surface area contributed by atoms with Gasteiger partial charge in [0.05, 0.1) is 5.57 Å². The van der Waals surface area contributed by atoms with Crippen molar-refractivity contribution in [3.05, 3.63) is 154 Å². The number of ketones is 1. The van der Waals surface area contributed by atoms with Crippen LogP contribution in [0.4, 0.5) is 5.00 Å². The Kier molecular flexibility index (Phi) is 9.03. The Morgan fingerprint density at radius 3 is 1.60 bits per heavy atom. The van der Waals surface area contributed by atoms with Crippen LogP contribution in [-0.4, -0.2) is 41.6 Å². The van der Waals surface area contributed by atoms with Crippen LogP contribution >= 0.6 is 23.1 Å². The number of hydrogen-bond donors (Lipinski definition) is 0. The number of piperidine rings is 2. The molecule has 3 aliphatic heterocycles. The summed E-state index contributed by atoms with van der Waals surface area (Å²) in [7, 11) is 0. The molecule has 0 spiro atoms. The number of thioether (sulfide) groups is 1. The molecule has 1 aliphatic carbocycles. The van der Waals surface area contributed by atoms with E-state index in [4.69, 9.17) is 0 Å². The first-order valence-electron chi connectivity index (χ1n) is 18.6.